The second-order valence-electron chi connectivity index (χ2n) is 2.18. The van der Waals surface area contributed by atoms with E-state index in [0.717, 1.165) is 0 Å². The van der Waals surface area contributed by atoms with Gasteiger partial charge in [0.2, 0.25) is 0 Å². The number of hydrogen-bond acceptors (Lipinski definition) is 4. The molecule has 0 N–H and O–H groups in total. The summed E-state index contributed by atoms with van der Waals surface area (Å²) >= 11 is 9.96. The van der Waals surface area contributed by atoms with E-state index in [1.54, 1.807) is 0 Å². The van der Waals surface area contributed by atoms with Crippen LogP contribution < -0.4 is 9.47 Å². The smallest absolute Gasteiger partial charge is 0.182 e. The van der Waals surface area contributed by atoms with Gasteiger partial charge in [-0.1, -0.05) is 24.4 Å². The first kappa shape index (κ1) is 9.61. The standard InChI is InChI=1S/C8H10O2S2/c1-3-9-5-6(10-4-2)8(12)7(5)11/h3-4H2,1-2H3. The highest BCUT2D eigenvalue weighted by Gasteiger charge is 2.16. The van der Waals surface area contributed by atoms with Crippen LogP contribution in [0, 0.1) is 9.02 Å². The lowest BCUT2D eigenvalue weighted by Crippen LogP contribution is -2.02. The van der Waals surface area contributed by atoms with Crippen LogP contribution in [0.2, 0.25) is 0 Å². The lowest BCUT2D eigenvalue weighted by Gasteiger charge is -2.13. The van der Waals surface area contributed by atoms with E-state index in [1.807, 2.05) is 13.8 Å². The number of ether oxygens (including phenoxy) is 2. The van der Waals surface area contributed by atoms with Gasteiger partial charge in [-0.05, 0) is 13.8 Å². The zero-order valence-corrected chi connectivity index (χ0v) is 8.68. The average molecular weight is 202 g/mol. The molecule has 0 atom stereocenters. The van der Waals surface area contributed by atoms with Crippen LogP contribution in [0.5, 0.6) is 11.5 Å². The van der Waals surface area contributed by atoms with Gasteiger partial charge in [-0.15, -0.1) is 0 Å². The predicted octanol–water partition coefficient (Wildman–Crippen LogP) is 2.82. The summed E-state index contributed by atoms with van der Waals surface area (Å²) < 4.78 is 11.7. The minimum Gasteiger partial charge on any atom is -0.488 e. The van der Waals surface area contributed by atoms with E-state index in [4.69, 9.17) is 33.9 Å². The van der Waals surface area contributed by atoms with E-state index in [-0.39, 0.29) is 0 Å². The van der Waals surface area contributed by atoms with Gasteiger partial charge in [0.15, 0.2) is 11.5 Å². The SMILES string of the molecule is CCOc1c(OCC)c(=S)c1=S. The maximum atomic E-state index is 5.25. The summed E-state index contributed by atoms with van der Waals surface area (Å²) in [7, 11) is 0. The molecule has 0 unspecified atom stereocenters. The van der Waals surface area contributed by atoms with E-state index in [2.05, 4.69) is 0 Å². The van der Waals surface area contributed by atoms with Crippen LogP contribution in [0.25, 0.3) is 0 Å². The van der Waals surface area contributed by atoms with Gasteiger partial charge in [-0.2, -0.15) is 0 Å². The summed E-state index contributed by atoms with van der Waals surface area (Å²) in [4.78, 5) is 0. The Morgan fingerprint density at radius 2 is 1.25 bits per heavy atom. The second kappa shape index (κ2) is 3.96. The van der Waals surface area contributed by atoms with Crippen LogP contribution in [0.1, 0.15) is 13.8 Å². The Balaban J connectivity index is 2.89. The van der Waals surface area contributed by atoms with Crippen LogP contribution in [-0.4, -0.2) is 13.2 Å². The van der Waals surface area contributed by atoms with Crippen molar-refractivity contribution in [3.63, 3.8) is 0 Å². The van der Waals surface area contributed by atoms with Crippen molar-refractivity contribution in [2.45, 2.75) is 13.8 Å². The molecule has 1 aromatic rings. The molecule has 0 bridgehead atoms. The summed E-state index contributed by atoms with van der Waals surface area (Å²) in [6, 6.07) is 0. The molecule has 4 heteroatoms. The third-order valence-corrected chi connectivity index (χ3v) is 2.31. The summed E-state index contributed by atoms with van der Waals surface area (Å²) in [6.07, 6.45) is 0. The minimum absolute atomic E-state index is 0.592. The Bertz CT molecular complexity index is 303. The van der Waals surface area contributed by atoms with Crippen molar-refractivity contribution in [3.8, 4) is 11.5 Å². The zero-order chi connectivity index (χ0) is 9.14. The van der Waals surface area contributed by atoms with Crippen LogP contribution >= 0.6 is 24.4 Å². The molecule has 2 nitrogen and oxygen atoms in total. The molecule has 1 rings (SSSR count). The van der Waals surface area contributed by atoms with Crippen LogP contribution in [0.15, 0.2) is 0 Å². The highest BCUT2D eigenvalue weighted by molar-refractivity contribution is 7.74. The molecule has 0 aromatic heterocycles. The molecule has 66 valence electrons. The van der Waals surface area contributed by atoms with Crippen molar-refractivity contribution in [1.29, 1.82) is 0 Å². The molecule has 0 aliphatic rings. The maximum absolute atomic E-state index is 5.25. The fourth-order valence-electron chi connectivity index (χ4n) is 0.901. The lowest BCUT2D eigenvalue weighted by atomic mass is 10.3. The molecule has 0 aliphatic carbocycles. The first-order valence-electron chi connectivity index (χ1n) is 3.81. The van der Waals surface area contributed by atoms with Gasteiger partial charge in [0.05, 0.1) is 13.2 Å². The van der Waals surface area contributed by atoms with Gasteiger partial charge in [0, 0.05) is 0 Å². The van der Waals surface area contributed by atoms with Crippen LogP contribution in [0.4, 0.5) is 0 Å². The summed E-state index contributed by atoms with van der Waals surface area (Å²) in [6.45, 7) is 4.99. The average Bonchev–Trinajstić information content (AvgIpc) is 2.10. The van der Waals surface area contributed by atoms with Gasteiger partial charge in [-0.3, -0.25) is 0 Å². The van der Waals surface area contributed by atoms with Gasteiger partial charge in [0.1, 0.15) is 9.02 Å². The van der Waals surface area contributed by atoms with Crippen LogP contribution in [0.3, 0.4) is 0 Å². The van der Waals surface area contributed by atoms with Gasteiger partial charge >= 0.3 is 0 Å². The monoisotopic (exact) mass is 202 g/mol. The van der Waals surface area contributed by atoms with Gasteiger partial charge in [0.25, 0.3) is 0 Å². The Kier molecular flexibility index (Phi) is 3.17. The summed E-state index contributed by atoms with van der Waals surface area (Å²) in [5.41, 5.74) is 0. The fraction of sp³-hybridized carbons (Fsp3) is 0.500. The topological polar surface area (TPSA) is 18.5 Å². The third-order valence-electron chi connectivity index (χ3n) is 1.40. The number of hydrogen-bond donors (Lipinski definition) is 0. The highest BCUT2D eigenvalue weighted by atomic mass is 32.1. The van der Waals surface area contributed by atoms with Crippen molar-refractivity contribution in [2.75, 3.05) is 13.2 Å². The third kappa shape index (κ3) is 1.49. The normalized spacial score (nSPS) is 10.2. The molecule has 0 saturated carbocycles. The lowest BCUT2D eigenvalue weighted by molar-refractivity contribution is 0.279. The Morgan fingerprint density at radius 1 is 0.917 bits per heavy atom. The molecular formula is C8H10O2S2. The van der Waals surface area contributed by atoms with Crippen LogP contribution in [-0.2, 0) is 0 Å². The summed E-state index contributed by atoms with van der Waals surface area (Å²) in [5.74, 6) is 1.30. The first-order valence-corrected chi connectivity index (χ1v) is 4.62. The summed E-state index contributed by atoms with van der Waals surface area (Å²) in [5, 5.41) is 0. The molecule has 0 aliphatic heterocycles. The molecular weight excluding hydrogens is 192 g/mol. The van der Waals surface area contributed by atoms with Crippen molar-refractivity contribution in [1.82, 2.24) is 0 Å². The number of rotatable bonds is 4. The molecule has 0 heterocycles. The predicted molar refractivity (Wildman–Crippen MR) is 52.8 cm³/mol. The molecule has 0 amide bonds. The molecule has 12 heavy (non-hydrogen) atoms. The van der Waals surface area contributed by atoms with Crippen molar-refractivity contribution >= 4 is 24.4 Å². The largest absolute Gasteiger partial charge is 0.488 e. The Morgan fingerprint density at radius 3 is 1.50 bits per heavy atom. The Hall–Kier alpha value is -0.480. The van der Waals surface area contributed by atoms with E-state index in [9.17, 15) is 0 Å². The van der Waals surface area contributed by atoms with Crippen molar-refractivity contribution < 1.29 is 9.47 Å². The molecule has 1 aromatic carbocycles. The maximum Gasteiger partial charge on any atom is 0.182 e. The first-order chi connectivity index (χ1) is 5.72. The molecule has 0 fully saturated rings. The van der Waals surface area contributed by atoms with Gasteiger partial charge < -0.3 is 9.47 Å². The minimum atomic E-state index is 0.592. The van der Waals surface area contributed by atoms with Gasteiger partial charge in [-0.25, -0.2) is 0 Å². The quantitative estimate of drug-likeness (QED) is 0.698. The molecule has 0 saturated heterocycles. The fourth-order valence-corrected chi connectivity index (χ4v) is 1.39. The second-order valence-corrected chi connectivity index (χ2v) is 3.00. The van der Waals surface area contributed by atoms with E-state index in [0.29, 0.717) is 33.7 Å². The molecule has 0 radical (unpaired) electrons. The van der Waals surface area contributed by atoms with E-state index in [1.165, 1.54) is 0 Å². The van der Waals surface area contributed by atoms with Crippen molar-refractivity contribution in [2.24, 2.45) is 0 Å². The van der Waals surface area contributed by atoms with E-state index >= 15 is 0 Å². The highest BCUT2D eigenvalue weighted by Crippen LogP contribution is 2.37. The Labute approximate surface area is 81.8 Å². The van der Waals surface area contributed by atoms with E-state index < -0.39 is 0 Å². The molecule has 0 spiro atoms. The van der Waals surface area contributed by atoms with Crippen molar-refractivity contribution in [3.05, 3.63) is 9.02 Å². The zero-order valence-electron chi connectivity index (χ0n) is 7.05.